The van der Waals surface area contributed by atoms with E-state index in [-0.39, 0.29) is 114 Å². The molecule has 9 heteroatoms. The Kier molecular flexibility index (Phi) is 45.4. The molecule has 0 spiro atoms. The molecule has 0 aliphatic carbocycles. The molecule has 0 fully saturated rings. The van der Waals surface area contributed by atoms with E-state index in [1.165, 1.54) is 0 Å². The van der Waals surface area contributed by atoms with Gasteiger partial charge in [0.05, 0.1) is 0 Å². The van der Waals surface area contributed by atoms with E-state index in [2.05, 4.69) is 0 Å². The van der Waals surface area contributed by atoms with Gasteiger partial charge in [0.1, 0.15) is 0 Å². The fourth-order valence-corrected chi connectivity index (χ4v) is 0. The van der Waals surface area contributed by atoms with Gasteiger partial charge in [-0.1, -0.05) is 0 Å². The molecule has 0 rings (SSSR count). The SMILES string of the molecule is O.O.O=P(O)(O)O.[KH].[KH]. The Balaban J connectivity index is -0.0000000133. The summed E-state index contributed by atoms with van der Waals surface area (Å²) in [6.45, 7) is 0. The zero-order chi connectivity index (χ0) is 4.50. The Morgan fingerprint density at radius 1 is 0.889 bits per heavy atom. The summed E-state index contributed by atoms with van der Waals surface area (Å²) in [5, 5.41) is 0. The van der Waals surface area contributed by atoms with Crippen molar-refractivity contribution >= 4 is 111 Å². The van der Waals surface area contributed by atoms with E-state index in [9.17, 15) is 0 Å². The second-order valence-corrected chi connectivity index (χ2v) is 1.54. The van der Waals surface area contributed by atoms with E-state index in [1.54, 1.807) is 0 Å². The van der Waals surface area contributed by atoms with Crippen LogP contribution in [0.3, 0.4) is 0 Å². The molecular formula is H9K2O6P. The van der Waals surface area contributed by atoms with Crippen molar-refractivity contribution in [2.24, 2.45) is 0 Å². The van der Waals surface area contributed by atoms with Crippen LogP contribution in [0.5, 0.6) is 0 Å². The number of phosphoric acid groups is 1. The van der Waals surface area contributed by atoms with Crippen LogP contribution in [0.2, 0.25) is 0 Å². The van der Waals surface area contributed by atoms with E-state index >= 15 is 0 Å². The molecule has 9 heavy (non-hydrogen) atoms. The van der Waals surface area contributed by atoms with Crippen molar-refractivity contribution in [1.29, 1.82) is 0 Å². The van der Waals surface area contributed by atoms with E-state index < -0.39 is 7.82 Å². The third kappa shape index (κ3) is 89.7. The van der Waals surface area contributed by atoms with Crippen molar-refractivity contribution < 1.29 is 30.2 Å². The molecule has 0 bridgehead atoms. The first-order valence-corrected chi connectivity index (χ1v) is 2.35. The van der Waals surface area contributed by atoms with E-state index in [4.69, 9.17) is 19.2 Å². The molecule has 0 atom stereocenters. The number of rotatable bonds is 0. The average Bonchev–Trinajstić information content (AvgIpc) is 0.722. The molecule has 0 aromatic carbocycles. The van der Waals surface area contributed by atoms with Crippen molar-refractivity contribution in [3.8, 4) is 0 Å². The van der Waals surface area contributed by atoms with Gasteiger partial charge in [-0.15, -0.1) is 0 Å². The van der Waals surface area contributed by atoms with Gasteiger partial charge < -0.3 is 25.6 Å². The standard InChI is InChI=1S/2K.H3O4P.2H2O.2H/c;;1-5(2,3)4;;;;/h;;(H3,1,2,3,4);2*1H2;;. The Labute approximate surface area is 137 Å². The summed E-state index contributed by atoms with van der Waals surface area (Å²) in [6.07, 6.45) is 0. The predicted octanol–water partition coefficient (Wildman–Crippen LogP) is -3.88. The maximum atomic E-state index is 8.88. The topological polar surface area (TPSA) is 141 Å². The summed E-state index contributed by atoms with van der Waals surface area (Å²) < 4.78 is 8.88. The molecule has 0 heterocycles. The van der Waals surface area contributed by atoms with Crippen molar-refractivity contribution in [1.82, 2.24) is 0 Å². The van der Waals surface area contributed by atoms with Gasteiger partial charge in [0.2, 0.25) is 0 Å². The molecule has 0 aromatic rings. The van der Waals surface area contributed by atoms with Crippen molar-refractivity contribution in [2.75, 3.05) is 0 Å². The van der Waals surface area contributed by atoms with Crippen LogP contribution in [-0.2, 0) is 4.57 Å². The average molecular weight is 214 g/mol. The quantitative estimate of drug-likeness (QED) is 0.280. The van der Waals surface area contributed by atoms with E-state index in [1.807, 2.05) is 0 Å². The maximum absolute atomic E-state index is 8.88. The molecule has 0 aliphatic rings. The molecule has 7 N–H and O–H groups in total. The summed E-state index contributed by atoms with van der Waals surface area (Å²) in [5.41, 5.74) is 0. The van der Waals surface area contributed by atoms with E-state index in [0.29, 0.717) is 0 Å². The summed E-state index contributed by atoms with van der Waals surface area (Å²) in [6, 6.07) is 0. The van der Waals surface area contributed by atoms with Crippen LogP contribution < -0.4 is 0 Å². The van der Waals surface area contributed by atoms with Gasteiger partial charge in [-0.05, 0) is 0 Å². The minimum absolute atomic E-state index is 0. The van der Waals surface area contributed by atoms with E-state index in [0.717, 1.165) is 0 Å². The van der Waals surface area contributed by atoms with Crippen molar-refractivity contribution in [2.45, 2.75) is 0 Å². The summed E-state index contributed by atoms with van der Waals surface area (Å²) in [7, 11) is -4.64. The van der Waals surface area contributed by atoms with Crippen LogP contribution in [0.25, 0.3) is 0 Å². The van der Waals surface area contributed by atoms with Gasteiger partial charge in [0, 0.05) is 0 Å². The van der Waals surface area contributed by atoms with Gasteiger partial charge in [-0.25, -0.2) is 4.57 Å². The Hall–Kier alpha value is 3.30. The first-order valence-electron chi connectivity index (χ1n) is 0.783. The third-order valence-electron chi connectivity index (χ3n) is 0. The Bertz CT molecular complexity index is 57.2. The van der Waals surface area contributed by atoms with Crippen LogP contribution in [0.4, 0.5) is 0 Å². The molecule has 6 nitrogen and oxygen atoms in total. The molecule has 0 radical (unpaired) electrons. The molecule has 0 unspecified atom stereocenters. The van der Waals surface area contributed by atoms with Gasteiger partial charge >= 0.3 is 111 Å². The Morgan fingerprint density at radius 3 is 0.889 bits per heavy atom. The zero-order valence-corrected chi connectivity index (χ0v) is 4.09. The molecular weight excluding hydrogens is 205 g/mol. The van der Waals surface area contributed by atoms with Crippen LogP contribution in [0.1, 0.15) is 0 Å². The van der Waals surface area contributed by atoms with Crippen LogP contribution in [0.15, 0.2) is 0 Å². The van der Waals surface area contributed by atoms with Crippen LogP contribution in [-0.4, -0.2) is 128 Å². The van der Waals surface area contributed by atoms with Crippen molar-refractivity contribution in [3.63, 3.8) is 0 Å². The van der Waals surface area contributed by atoms with Crippen LogP contribution >= 0.6 is 7.82 Å². The van der Waals surface area contributed by atoms with Gasteiger partial charge in [0.25, 0.3) is 0 Å². The molecule has 52 valence electrons. The van der Waals surface area contributed by atoms with Crippen LogP contribution in [0, 0.1) is 0 Å². The summed E-state index contributed by atoms with van der Waals surface area (Å²) in [4.78, 5) is 21.6. The third-order valence-corrected chi connectivity index (χ3v) is 0. The normalized spacial score (nSPS) is 6.56. The van der Waals surface area contributed by atoms with Gasteiger partial charge in [-0.3, -0.25) is 0 Å². The fraction of sp³-hybridized carbons (Fsp3) is 0. The van der Waals surface area contributed by atoms with Crippen molar-refractivity contribution in [3.05, 3.63) is 0 Å². The monoisotopic (exact) mass is 214 g/mol. The fourth-order valence-electron chi connectivity index (χ4n) is 0. The second-order valence-electron chi connectivity index (χ2n) is 0.513. The summed E-state index contributed by atoms with van der Waals surface area (Å²) in [5.74, 6) is 0. The summed E-state index contributed by atoms with van der Waals surface area (Å²) >= 11 is 0. The Morgan fingerprint density at radius 2 is 0.889 bits per heavy atom. The first-order chi connectivity index (χ1) is 2.00. The van der Waals surface area contributed by atoms with Gasteiger partial charge in [0.15, 0.2) is 0 Å². The zero-order valence-electron chi connectivity index (χ0n) is 3.20. The minimum atomic E-state index is -4.64. The molecule has 0 saturated heterocycles. The van der Waals surface area contributed by atoms with Gasteiger partial charge in [-0.2, -0.15) is 0 Å². The second kappa shape index (κ2) is 13.9. The molecule has 0 aliphatic heterocycles. The number of hydrogen-bond acceptors (Lipinski definition) is 1. The molecule has 0 saturated carbocycles. The number of hydrogen-bond donors (Lipinski definition) is 3. The molecule has 0 aromatic heterocycles. The molecule has 0 amide bonds. The predicted molar refractivity (Wildman–Crippen MR) is 35.8 cm³/mol. The first kappa shape index (κ1) is 29.5.